The first-order valence-electron chi connectivity index (χ1n) is 11.0. The van der Waals surface area contributed by atoms with Crippen LogP contribution in [0.5, 0.6) is 0 Å². The van der Waals surface area contributed by atoms with Crippen LogP contribution in [-0.4, -0.2) is 42.4 Å². The summed E-state index contributed by atoms with van der Waals surface area (Å²) < 4.78 is 10.7. The zero-order valence-corrected chi connectivity index (χ0v) is 19.1. The van der Waals surface area contributed by atoms with Gasteiger partial charge in [0.25, 0.3) is 5.91 Å². The summed E-state index contributed by atoms with van der Waals surface area (Å²) in [5.74, 6) is -0.434. The van der Waals surface area contributed by atoms with E-state index in [2.05, 4.69) is 24.5 Å². The number of amides is 2. The van der Waals surface area contributed by atoms with Crippen molar-refractivity contribution in [1.82, 2.24) is 10.6 Å². The van der Waals surface area contributed by atoms with Crippen LogP contribution < -0.4 is 10.6 Å². The Morgan fingerprint density at radius 3 is 2.53 bits per heavy atom. The third kappa shape index (κ3) is 5.85. The van der Waals surface area contributed by atoms with Crippen molar-refractivity contribution in [1.29, 1.82) is 0 Å². The lowest BCUT2D eigenvalue weighted by atomic mass is 9.79. The van der Waals surface area contributed by atoms with Gasteiger partial charge in [0.15, 0.2) is 5.78 Å². The van der Waals surface area contributed by atoms with E-state index < -0.39 is 12.1 Å². The molecule has 1 fully saturated rings. The largest absolute Gasteiger partial charge is 0.469 e. The molecule has 2 aromatic rings. The molecule has 2 N–H and O–H groups in total. The monoisotopic (exact) mass is 440 g/mol. The minimum Gasteiger partial charge on any atom is -0.469 e. The fourth-order valence-corrected chi connectivity index (χ4v) is 4.20. The first-order valence-corrected chi connectivity index (χ1v) is 11.0. The lowest BCUT2D eigenvalue weighted by Crippen LogP contribution is -2.54. The molecule has 0 saturated carbocycles. The standard InChI is InChI=1S/C25H32N2O5/c1-5-21-22(20(28)15-32-21)27-24(30)19(26-23(29)18-11-12-31-16(18)2)14-25(3,4)13-17-9-7-6-8-10-17/h6-12,19,21-22H,5,13-15H2,1-4H3,(H,26,29)(H,27,30)/t19-,21?,22?/m0/s1. The second-order valence-electron chi connectivity index (χ2n) is 9.16. The Kier molecular flexibility index (Phi) is 7.51. The third-order valence-electron chi connectivity index (χ3n) is 5.87. The Hall–Kier alpha value is -2.93. The molecule has 0 radical (unpaired) electrons. The molecule has 2 unspecified atom stereocenters. The van der Waals surface area contributed by atoms with E-state index in [1.54, 1.807) is 13.0 Å². The number of carbonyl (C=O) groups is 3. The number of furan rings is 1. The molecule has 2 heterocycles. The number of ketones is 1. The Balaban J connectivity index is 1.78. The Bertz CT molecular complexity index is 950. The molecule has 7 nitrogen and oxygen atoms in total. The van der Waals surface area contributed by atoms with Crippen molar-refractivity contribution in [2.75, 3.05) is 6.61 Å². The number of benzene rings is 1. The highest BCUT2D eigenvalue weighted by atomic mass is 16.5. The van der Waals surface area contributed by atoms with Crippen molar-refractivity contribution in [3.05, 3.63) is 59.5 Å². The fraction of sp³-hybridized carbons (Fsp3) is 0.480. The molecule has 32 heavy (non-hydrogen) atoms. The summed E-state index contributed by atoms with van der Waals surface area (Å²) in [4.78, 5) is 38.4. The van der Waals surface area contributed by atoms with E-state index in [4.69, 9.17) is 9.15 Å². The van der Waals surface area contributed by atoms with E-state index in [-0.39, 0.29) is 35.7 Å². The van der Waals surface area contributed by atoms with Crippen molar-refractivity contribution in [3.63, 3.8) is 0 Å². The van der Waals surface area contributed by atoms with Crippen LogP contribution in [0.2, 0.25) is 0 Å². The fourth-order valence-electron chi connectivity index (χ4n) is 4.20. The predicted octanol–water partition coefficient (Wildman–Crippen LogP) is 3.21. The summed E-state index contributed by atoms with van der Waals surface area (Å²) in [6, 6.07) is 10.1. The van der Waals surface area contributed by atoms with Crippen molar-refractivity contribution >= 4 is 17.6 Å². The molecule has 1 aliphatic rings. The zero-order chi connectivity index (χ0) is 23.3. The van der Waals surface area contributed by atoms with Crippen molar-refractivity contribution < 1.29 is 23.5 Å². The minimum absolute atomic E-state index is 0.00576. The van der Waals surface area contributed by atoms with Gasteiger partial charge in [-0.15, -0.1) is 0 Å². The van der Waals surface area contributed by atoms with Crippen LogP contribution >= 0.6 is 0 Å². The number of nitrogens with one attached hydrogen (secondary N) is 2. The van der Waals surface area contributed by atoms with Gasteiger partial charge in [0.2, 0.25) is 5.91 Å². The maximum Gasteiger partial charge on any atom is 0.255 e. The highest BCUT2D eigenvalue weighted by Crippen LogP contribution is 2.28. The van der Waals surface area contributed by atoms with E-state index >= 15 is 0 Å². The van der Waals surface area contributed by atoms with Gasteiger partial charge < -0.3 is 19.8 Å². The molecule has 1 aliphatic heterocycles. The summed E-state index contributed by atoms with van der Waals surface area (Å²) in [6.45, 7) is 7.73. The van der Waals surface area contributed by atoms with Gasteiger partial charge in [0.1, 0.15) is 24.5 Å². The third-order valence-corrected chi connectivity index (χ3v) is 5.87. The highest BCUT2D eigenvalue weighted by Gasteiger charge is 2.38. The molecule has 172 valence electrons. The van der Waals surface area contributed by atoms with Crippen molar-refractivity contribution in [2.45, 2.75) is 65.1 Å². The number of hydrogen-bond acceptors (Lipinski definition) is 5. The van der Waals surface area contributed by atoms with Crippen LogP contribution in [0.25, 0.3) is 0 Å². The van der Waals surface area contributed by atoms with E-state index in [9.17, 15) is 14.4 Å². The Labute approximate surface area is 188 Å². The van der Waals surface area contributed by atoms with Gasteiger partial charge in [-0.2, -0.15) is 0 Å². The van der Waals surface area contributed by atoms with Gasteiger partial charge in [-0.3, -0.25) is 14.4 Å². The molecule has 0 spiro atoms. The number of ether oxygens (including phenoxy) is 1. The molecule has 2 amide bonds. The molecule has 3 rings (SSSR count). The van der Waals surface area contributed by atoms with E-state index in [0.717, 1.165) is 12.0 Å². The molecular formula is C25H32N2O5. The summed E-state index contributed by atoms with van der Waals surface area (Å²) in [7, 11) is 0. The number of rotatable bonds is 9. The maximum absolute atomic E-state index is 13.3. The summed E-state index contributed by atoms with van der Waals surface area (Å²) >= 11 is 0. The first kappa shape index (κ1) is 23.7. The maximum atomic E-state index is 13.3. The molecule has 1 aromatic heterocycles. The second kappa shape index (κ2) is 10.1. The second-order valence-corrected chi connectivity index (χ2v) is 9.16. The molecular weight excluding hydrogens is 408 g/mol. The summed E-state index contributed by atoms with van der Waals surface area (Å²) in [5.41, 5.74) is 1.25. The van der Waals surface area contributed by atoms with E-state index in [1.807, 2.05) is 37.3 Å². The zero-order valence-electron chi connectivity index (χ0n) is 19.1. The Morgan fingerprint density at radius 2 is 1.91 bits per heavy atom. The summed E-state index contributed by atoms with van der Waals surface area (Å²) in [6.07, 6.45) is 2.84. The number of Topliss-reactive ketones (excluding diaryl/α,β-unsaturated/α-hetero) is 1. The molecule has 3 atom stereocenters. The summed E-state index contributed by atoms with van der Waals surface area (Å²) in [5, 5.41) is 5.69. The van der Waals surface area contributed by atoms with Crippen molar-refractivity contribution in [2.24, 2.45) is 5.41 Å². The lowest BCUT2D eigenvalue weighted by molar-refractivity contribution is -0.128. The van der Waals surface area contributed by atoms with Gasteiger partial charge in [-0.05, 0) is 43.2 Å². The normalized spacial score (nSPS) is 19.6. The van der Waals surface area contributed by atoms with Crippen LogP contribution in [-0.2, 0) is 20.7 Å². The van der Waals surface area contributed by atoms with Gasteiger partial charge in [0.05, 0.1) is 17.9 Å². The van der Waals surface area contributed by atoms with Gasteiger partial charge in [0, 0.05) is 0 Å². The molecule has 0 bridgehead atoms. The van der Waals surface area contributed by atoms with Gasteiger partial charge in [-0.25, -0.2) is 0 Å². The van der Waals surface area contributed by atoms with E-state index in [0.29, 0.717) is 24.2 Å². The van der Waals surface area contributed by atoms with Crippen molar-refractivity contribution in [3.8, 4) is 0 Å². The molecule has 0 aliphatic carbocycles. The number of aryl methyl sites for hydroxylation is 1. The minimum atomic E-state index is -0.818. The van der Waals surface area contributed by atoms with Crippen LogP contribution in [0.4, 0.5) is 0 Å². The first-order chi connectivity index (χ1) is 15.2. The predicted molar refractivity (Wildman–Crippen MR) is 120 cm³/mol. The van der Waals surface area contributed by atoms with Crippen LogP contribution in [0, 0.1) is 12.3 Å². The molecule has 1 aromatic carbocycles. The molecule has 7 heteroatoms. The lowest BCUT2D eigenvalue weighted by Gasteiger charge is -2.31. The Morgan fingerprint density at radius 1 is 1.19 bits per heavy atom. The van der Waals surface area contributed by atoms with E-state index in [1.165, 1.54) is 6.26 Å². The van der Waals surface area contributed by atoms with Crippen LogP contribution in [0.3, 0.4) is 0 Å². The average Bonchev–Trinajstić information content (AvgIpc) is 3.33. The van der Waals surface area contributed by atoms with Gasteiger partial charge in [-0.1, -0.05) is 51.1 Å². The van der Waals surface area contributed by atoms with Gasteiger partial charge >= 0.3 is 0 Å². The van der Waals surface area contributed by atoms with Crippen LogP contribution in [0.1, 0.15) is 55.3 Å². The molecule has 1 saturated heterocycles. The quantitative estimate of drug-likeness (QED) is 0.624. The number of hydrogen-bond donors (Lipinski definition) is 2. The van der Waals surface area contributed by atoms with Crippen LogP contribution in [0.15, 0.2) is 47.1 Å². The smallest absolute Gasteiger partial charge is 0.255 e. The highest BCUT2D eigenvalue weighted by molar-refractivity contribution is 5.99. The number of carbonyl (C=O) groups excluding carboxylic acids is 3. The average molecular weight is 441 g/mol. The topological polar surface area (TPSA) is 97.6 Å². The SMILES string of the molecule is CCC1OCC(=O)C1NC(=O)[C@H](CC(C)(C)Cc1ccccc1)NC(=O)c1ccoc1C.